The van der Waals surface area contributed by atoms with Crippen LogP contribution in [0.25, 0.3) is 0 Å². The quantitative estimate of drug-likeness (QED) is 0.778. The average Bonchev–Trinajstić information content (AvgIpc) is 2.46. The van der Waals surface area contributed by atoms with E-state index in [9.17, 15) is 0 Å². The summed E-state index contributed by atoms with van der Waals surface area (Å²) >= 11 is 0. The zero-order chi connectivity index (χ0) is 13.2. The number of pyridine rings is 1. The molecule has 0 fully saturated rings. The van der Waals surface area contributed by atoms with Gasteiger partial charge in [-0.3, -0.25) is 0 Å². The average molecular weight is 249 g/mol. The molecule has 0 saturated carbocycles. The van der Waals surface area contributed by atoms with Crippen LogP contribution in [0.5, 0.6) is 0 Å². The van der Waals surface area contributed by atoms with Gasteiger partial charge in [0, 0.05) is 18.4 Å². The molecule has 0 aliphatic carbocycles. The molecule has 2 heterocycles. The number of anilines is 2. The molecule has 0 atom stereocenters. The predicted octanol–water partition coefficient (Wildman–Crippen LogP) is 3.35. The van der Waals surface area contributed by atoms with Crippen molar-refractivity contribution < 1.29 is 0 Å². The Kier molecular flexibility index (Phi) is 2.92. The maximum absolute atomic E-state index is 9.00. The van der Waals surface area contributed by atoms with Crippen LogP contribution in [0.15, 0.2) is 36.5 Å². The summed E-state index contributed by atoms with van der Waals surface area (Å²) < 4.78 is 0. The van der Waals surface area contributed by atoms with E-state index in [1.165, 1.54) is 16.8 Å². The normalized spacial score (nSPS) is 13.8. The van der Waals surface area contributed by atoms with Crippen LogP contribution in [0.1, 0.15) is 23.1 Å². The van der Waals surface area contributed by atoms with E-state index in [1.54, 1.807) is 12.3 Å². The van der Waals surface area contributed by atoms with E-state index in [2.05, 4.69) is 41.1 Å². The molecule has 3 heteroatoms. The molecule has 0 unspecified atom stereocenters. The molecule has 0 amide bonds. The second-order valence-corrected chi connectivity index (χ2v) is 4.90. The molecule has 1 aromatic heterocycles. The van der Waals surface area contributed by atoms with Crippen LogP contribution >= 0.6 is 0 Å². The Morgan fingerprint density at radius 3 is 3.00 bits per heavy atom. The molecule has 0 saturated heterocycles. The lowest BCUT2D eigenvalue weighted by molar-refractivity contribution is 0.759. The van der Waals surface area contributed by atoms with Crippen molar-refractivity contribution in [2.24, 2.45) is 0 Å². The lowest BCUT2D eigenvalue weighted by atomic mass is 9.99. The van der Waals surface area contributed by atoms with Gasteiger partial charge < -0.3 is 4.90 Å². The number of fused-ring (bicyclic) bond motifs is 1. The summed E-state index contributed by atoms with van der Waals surface area (Å²) in [6, 6.07) is 12.3. The monoisotopic (exact) mass is 249 g/mol. The minimum Gasteiger partial charge on any atom is -0.326 e. The summed E-state index contributed by atoms with van der Waals surface area (Å²) in [6.07, 6.45) is 3.94. The molecule has 0 bridgehead atoms. The van der Waals surface area contributed by atoms with Gasteiger partial charge in [-0.05, 0) is 43.5 Å². The predicted molar refractivity (Wildman–Crippen MR) is 75.5 cm³/mol. The molecule has 1 aliphatic heterocycles. The van der Waals surface area contributed by atoms with Crippen molar-refractivity contribution in [1.29, 1.82) is 5.26 Å². The highest BCUT2D eigenvalue weighted by Gasteiger charge is 2.19. The van der Waals surface area contributed by atoms with Gasteiger partial charge in [-0.2, -0.15) is 5.26 Å². The van der Waals surface area contributed by atoms with E-state index >= 15 is 0 Å². The van der Waals surface area contributed by atoms with Gasteiger partial charge in [0.05, 0.1) is 11.6 Å². The number of hydrogen-bond acceptors (Lipinski definition) is 3. The summed E-state index contributed by atoms with van der Waals surface area (Å²) in [5, 5.41) is 9.00. The van der Waals surface area contributed by atoms with Crippen molar-refractivity contribution in [2.75, 3.05) is 11.4 Å². The maximum atomic E-state index is 9.00. The Bertz CT molecular complexity index is 655. The molecule has 0 spiro atoms. The molecule has 1 aromatic carbocycles. The molecule has 3 rings (SSSR count). The SMILES string of the molecule is Cc1ccc2c(c1)CCCN2c1cc(C#N)ccn1. The van der Waals surface area contributed by atoms with E-state index in [0.29, 0.717) is 5.56 Å². The third kappa shape index (κ3) is 2.17. The first-order chi connectivity index (χ1) is 9.28. The van der Waals surface area contributed by atoms with Crippen LogP contribution in [0, 0.1) is 18.3 Å². The van der Waals surface area contributed by atoms with Crippen LogP contribution < -0.4 is 4.90 Å². The fourth-order valence-corrected chi connectivity index (χ4v) is 2.60. The zero-order valence-corrected chi connectivity index (χ0v) is 10.9. The Morgan fingerprint density at radius 2 is 2.16 bits per heavy atom. The minimum atomic E-state index is 0.657. The van der Waals surface area contributed by atoms with Gasteiger partial charge in [-0.1, -0.05) is 17.7 Å². The van der Waals surface area contributed by atoms with Gasteiger partial charge in [0.25, 0.3) is 0 Å². The first-order valence-corrected chi connectivity index (χ1v) is 6.51. The lowest BCUT2D eigenvalue weighted by Gasteiger charge is -2.30. The summed E-state index contributed by atoms with van der Waals surface area (Å²) in [5.41, 5.74) is 4.54. The summed E-state index contributed by atoms with van der Waals surface area (Å²) in [6.45, 7) is 3.08. The van der Waals surface area contributed by atoms with E-state index in [1.807, 2.05) is 6.07 Å². The van der Waals surface area contributed by atoms with Crippen molar-refractivity contribution in [3.8, 4) is 6.07 Å². The third-order valence-electron chi connectivity index (χ3n) is 3.50. The van der Waals surface area contributed by atoms with E-state index in [-0.39, 0.29) is 0 Å². The Labute approximate surface area is 113 Å². The first kappa shape index (κ1) is 11.7. The van der Waals surface area contributed by atoms with Crippen LogP contribution in [-0.4, -0.2) is 11.5 Å². The third-order valence-corrected chi connectivity index (χ3v) is 3.50. The van der Waals surface area contributed by atoms with E-state index in [0.717, 1.165) is 25.2 Å². The van der Waals surface area contributed by atoms with Gasteiger partial charge in [0.15, 0.2) is 0 Å². The van der Waals surface area contributed by atoms with Crippen LogP contribution in [-0.2, 0) is 6.42 Å². The molecule has 2 aromatic rings. The summed E-state index contributed by atoms with van der Waals surface area (Å²) in [5.74, 6) is 0.865. The van der Waals surface area contributed by atoms with Crippen LogP contribution in [0.2, 0.25) is 0 Å². The van der Waals surface area contributed by atoms with Gasteiger partial charge in [0.1, 0.15) is 5.82 Å². The van der Waals surface area contributed by atoms with Crippen molar-refractivity contribution in [2.45, 2.75) is 19.8 Å². The molecule has 94 valence electrons. The number of nitriles is 1. The molecule has 0 N–H and O–H groups in total. The number of rotatable bonds is 1. The Morgan fingerprint density at radius 1 is 1.26 bits per heavy atom. The van der Waals surface area contributed by atoms with Crippen LogP contribution in [0.3, 0.4) is 0 Å². The number of nitrogens with zero attached hydrogens (tertiary/aromatic N) is 3. The molecule has 19 heavy (non-hydrogen) atoms. The molecule has 1 aliphatic rings. The maximum Gasteiger partial charge on any atom is 0.134 e. The van der Waals surface area contributed by atoms with Crippen molar-refractivity contribution in [3.05, 3.63) is 53.2 Å². The second-order valence-electron chi connectivity index (χ2n) is 4.90. The topological polar surface area (TPSA) is 39.9 Å². The van der Waals surface area contributed by atoms with Gasteiger partial charge in [0.2, 0.25) is 0 Å². The van der Waals surface area contributed by atoms with Crippen molar-refractivity contribution >= 4 is 11.5 Å². The summed E-state index contributed by atoms with van der Waals surface area (Å²) in [7, 11) is 0. The number of benzene rings is 1. The summed E-state index contributed by atoms with van der Waals surface area (Å²) in [4.78, 5) is 6.61. The first-order valence-electron chi connectivity index (χ1n) is 6.51. The van der Waals surface area contributed by atoms with E-state index < -0.39 is 0 Å². The van der Waals surface area contributed by atoms with Gasteiger partial charge in [-0.15, -0.1) is 0 Å². The van der Waals surface area contributed by atoms with Gasteiger partial charge >= 0.3 is 0 Å². The Hall–Kier alpha value is -2.34. The molecular weight excluding hydrogens is 234 g/mol. The number of aryl methyl sites for hydroxylation is 2. The highest BCUT2D eigenvalue weighted by atomic mass is 15.2. The fraction of sp³-hybridized carbons (Fsp3) is 0.250. The van der Waals surface area contributed by atoms with E-state index in [4.69, 9.17) is 5.26 Å². The molecule has 0 radical (unpaired) electrons. The number of aromatic nitrogens is 1. The van der Waals surface area contributed by atoms with Crippen molar-refractivity contribution in [3.63, 3.8) is 0 Å². The zero-order valence-electron chi connectivity index (χ0n) is 10.9. The lowest BCUT2D eigenvalue weighted by Crippen LogP contribution is -2.25. The van der Waals surface area contributed by atoms with Gasteiger partial charge in [-0.25, -0.2) is 4.98 Å². The number of hydrogen-bond donors (Lipinski definition) is 0. The molecule has 3 nitrogen and oxygen atoms in total. The van der Waals surface area contributed by atoms with Crippen molar-refractivity contribution in [1.82, 2.24) is 4.98 Å². The Balaban J connectivity index is 2.06. The highest BCUT2D eigenvalue weighted by molar-refractivity contribution is 5.66. The van der Waals surface area contributed by atoms with Crippen LogP contribution in [0.4, 0.5) is 11.5 Å². The minimum absolute atomic E-state index is 0.657. The second kappa shape index (κ2) is 4.74. The standard InChI is InChI=1S/C16H15N3/c1-12-4-5-15-14(9-12)3-2-8-19(15)16-10-13(11-17)6-7-18-16/h4-7,9-10H,2-3,8H2,1H3. The fourth-order valence-electron chi connectivity index (χ4n) is 2.60. The molecular formula is C16H15N3. The highest BCUT2D eigenvalue weighted by Crippen LogP contribution is 2.33. The smallest absolute Gasteiger partial charge is 0.134 e. The largest absolute Gasteiger partial charge is 0.326 e.